The maximum absolute atomic E-state index is 5.83. The molecule has 0 fully saturated rings. The summed E-state index contributed by atoms with van der Waals surface area (Å²) in [6, 6.07) is 15.9. The third kappa shape index (κ3) is 4.58. The van der Waals surface area contributed by atoms with Crippen LogP contribution >= 0.6 is 11.6 Å². The van der Waals surface area contributed by atoms with Crippen molar-refractivity contribution in [1.82, 2.24) is 5.32 Å². The van der Waals surface area contributed by atoms with Crippen LogP contribution < -0.4 is 10.1 Å². The standard InChI is InChI=1S/C16H18ClNO/c1-2-18-11-13-3-5-14(6-4-13)12-19-16-9-7-15(17)8-10-16/h3-10,18H,2,11-12H2,1H3. The molecule has 0 aromatic heterocycles. The van der Waals surface area contributed by atoms with Crippen LogP contribution in [0.15, 0.2) is 48.5 Å². The number of hydrogen-bond acceptors (Lipinski definition) is 2. The Morgan fingerprint density at radius 1 is 0.947 bits per heavy atom. The minimum Gasteiger partial charge on any atom is -0.489 e. The Bertz CT molecular complexity index is 493. The largest absolute Gasteiger partial charge is 0.489 e. The van der Waals surface area contributed by atoms with E-state index in [-0.39, 0.29) is 0 Å². The van der Waals surface area contributed by atoms with Gasteiger partial charge in [0, 0.05) is 11.6 Å². The molecule has 19 heavy (non-hydrogen) atoms. The molecule has 0 aliphatic carbocycles. The van der Waals surface area contributed by atoms with Crippen molar-refractivity contribution in [3.63, 3.8) is 0 Å². The van der Waals surface area contributed by atoms with Gasteiger partial charge in [0.25, 0.3) is 0 Å². The number of hydrogen-bond donors (Lipinski definition) is 1. The molecule has 0 amide bonds. The molecule has 2 aromatic carbocycles. The lowest BCUT2D eigenvalue weighted by atomic mass is 10.1. The highest BCUT2D eigenvalue weighted by Gasteiger charge is 1.97. The molecule has 0 unspecified atom stereocenters. The van der Waals surface area contributed by atoms with Gasteiger partial charge in [-0.1, -0.05) is 42.8 Å². The van der Waals surface area contributed by atoms with Crippen molar-refractivity contribution in [2.24, 2.45) is 0 Å². The van der Waals surface area contributed by atoms with Crippen LogP contribution in [0, 0.1) is 0 Å². The van der Waals surface area contributed by atoms with Crippen molar-refractivity contribution >= 4 is 11.6 Å². The summed E-state index contributed by atoms with van der Waals surface area (Å²) in [4.78, 5) is 0. The van der Waals surface area contributed by atoms with E-state index in [0.29, 0.717) is 6.61 Å². The van der Waals surface area contributed by atoms with E-state index in [9.17, 15) is 0 Å². The maximum atomic E-state index is 5.83. The van der Waals surface area contributed by atoms with Gasteiger partial charge in [-0.3, -0.25) is 0 Å². The lowest BCUT2D eigenvalue weighted by molar-refractivity contribution is 0.306. The van der Waals surface area contributed by atoms with Gasteiger partial charge in [-0.25, -0.2) is 0 Å². The van der Waals surface area contributed by atoms with E-state index in [0.717, 1.165) is 29.4 Å². The van der Waals surface area contributed by atoms with Gasteiger partial charge in [0.1, 0.15) is 12.4 Å². The van der Waals surface area contributed by atoms with Crippen molar-refractivity contribution < 1.29 is 4.74 Å². The first-order chi connectivity index (χ1) is 9.28. The molecule has 2 rings (SSSR count). The van der Waals surface area contributed by atoms with Gasteiger partial charge < -0.3 is 10.1 Å². The number of nitrogens with one attached hydrogen (secondary N) is 1. The van der Waals surface area contributed by atoms with Crippen LogP contribution in [-0.4, -0.2) is 6.54 Å². The molecule has 0 saturated carbocycles. The molecule has 2 aromatic rings. The monoisotopic (exact) mass is 275 g/mol. The minimum absolute atomic E-state index is 0.573. The molecule has 0 saturated heterocycles. The zero-order valence-corrected chi connectivity index (χ0v) is 11.8. The Balaban J connectivity index is 1.87. The van der Waals surface area contributed by atoms with Crippen LogP contribution in [-0.2, 0) is 13.2 Å². The highest BCUT2D eigenvalue weighted by Crippen LogP contribution is 2.17. The topological polar surface area (TPSA) is 21.3 Å². The van der Waals surface area contributed by atoms with Gasteiger partial charge in [0.05, 0.1) is 0 Å². The lowest BCUT2D eigenvalue weighted by Gasteiger charge is -2.07. The van der Waals surface area contributed by atoms with Gasteiger partial charge >= 0.3 is 0 Å². The summed E-state index contributed by atoms with van der Waals surface area (Å²) in [5.41, 5.74) is 2.45. The van der Waals surface area contributed by atoms with E-state index in [1.54, 1.807) is 0 Å². The average molecular weight is 276 g/mol. The van der Waals surface area contributed by atoms with E-state index >= 15 is 0 Å². The second kappa shape index (κ2) is 7.17. The number of ether oxygens (including phenoxy) is 1. The molecule has 0 aliphatic rings. The quantitative estimate of drug-likeness (QED) is 0.859. The van der Waals surface area contributed by atoms with Crippen LogP contribution in [0.5, 0.6) is 5.75 Å². The first-order valence-corrected chi connectivity index (χ1v) is 6.82. The summed E-state index contributed by atoms with van der Waals surface area (Å²) in [6.07, 6.45) is 0. The van der Waals surface area contributed by atoms with E-state index in [1.165, 1.54) is 5.56 Å². The Labute approximate surface area is 119 Å². The molecule has 0 radical (unpaired) electrons. The van der Waals surface area contributed by atoms with Gasteiger partial charge in [-0.05, 0) is 41.9 Å². The van der Waals surface area contributed by atoms with Crippen molar-refractivity contribution in [3.05, 3.63) is 64.7 Å². The molecular formula is C16H18ClNO. The zero-order chi connectivity index (χ0) is 13.5. The smallest absolute Gasteiger partial charge is 0.119 e. The predicted octanol–water partition coefficient (Wildman–Crippen LogP) is 4.03. The van der Waals surface area contributed by atoms with Gasteiger partial charge in [0.15, 0.2) is 0 Å². The van der Waals surface area contributed by atoms with Crippen molar-refractivity contribution in [2.45, 2.75) is 20.1 Å². The minimum atomic E-state index is 0.573. The van der Waals surface area contributed by atoms with Crippen LogP contribution in [0.4, 0.5) is 0 Å². The SMILES string of the molecule is CCNCc1ccc(COc2ccc(Cl)cc2)cc1. The second-order valence-corrected chi connectivity index (χ2v) is 4.78. The van der Waals surface area contributed by atoms with Crippen molar-refractivity contribution in [2.75, 3.05) is 6.54 Å². The van der Waals surface area contributed by atoms with Crippen LogP contribution in [0.25, 0.3) is 0 Å². The predicted molar refractivity (Wildman–Crippen MR) is 79.6 cm³/mol. The van der Waals surface area contributed by atoms with Crippen LogP contribution in [0.2, 0.25) is 5.02 Å². The third-order valence-electron chi connectivity index (χ3n) is 2.82. The summed E-state index contributed by atoms with van der Waals surface area (Å²) >= 11 is 5.83. The fourth-order valence-corrected chi connectivity index (χ4v) is 1.85. The molecule has 0 heterocycles. The summed E-state index contributed by atoms with van der Waals surface area (Å²) in [6.45, 7) is 4.58. The normalized spacial score (nSPS) is 10.4. The van der Waals surface area contributed by atoms with Crippen LogP contribution in [0.3, 0.4) is 0 Å². The second-order valence-electron chi connectivity index (χ2n) is 4.34. The number of halogens is 1. The Morgan fingerprint density at radius 3 is 2.21 bits per heavy atom. The summed E-state index contributed by atoms with van der Waals surface area (Å²) in [5, 5.41) is 4.03. The van der Waals surface area contributed by atoms with Gasteiger partial charge in [-0.2, -0.15) is 0 Å². The maximum Gasteiger partial charge on any atom is 0.119 e. The third-order valence-corrected chi connectivity index (χ3v) is 3.07. The van der Waals surface area contributed by atoms with E-state index in [2.05, 4.69) is 36.5 Å². The van der Waals surface area contributed by atoms with Gasteiger partial charge in [-0.15, -0.1) is 0 Å². The number of benzene rings is 2. The summed E-state index contributed by atoms with van der Waals surface area (Å²) < 4.78 is 5.69. The summed E-state index contributed by atoms with van der Waals surface area (Å²) in [5.74, 6) is 0.834. The van der Waals surface area contributed by atoms with E-state index < -0.39 is 0 Å². The Kier molecular flexibility index (Phi) is 5.25. The zero-order valence-electron chi connectivity index (χ0n) is 11.0. The summed E-state index contributed by atoms with van der Waals surface area (Å²) in [7, 11) is 0. The molecule has 0 bridgehead atoms. The molecule has 0 atom stereocenters. The fourth-order valence-electron chi connectivity index (χ4n) is 1.72. The lowest BCUT2D eigenvalue weighted by Crippen LogP contribution is -2.11. The first-order valence-electron chi connectivity index (χ1n) is 6.45. The van der Waals surface area contributed by atoms with Crippen molar-refractivity contribution in [1.29, 1.82) is 0 Å². The fraction of sp³-hybridized carbons (Fsp3) is 0.250. The molecular weight excluding hydrogens is 258 g/mol. The first kappa shape index (κ1) is 13.9. The van der Waals surface area contributed by atoms with E-state index in [4.69, 9.17) is 16.3 Å². The Morgan fingerprint density at radius 2 is 1.58 bits per heavy atom. The average Bonchev–Trinajstić information content (AvgIpc) is 2.46. The Hall–Kier alpha value is -1.51. The molecule has 0 spiro atoms. The van der Waals surface area contributed by atoms with E-state index in [1.807, 2.05) is 24.3 Å². The van der Waals surface area contributed by atoms with Gasteiger partial charge in [0.2, 0.25) is 0 Å². The van der Waals surface area contributed by atoms with Crippen molar-refractivity contribution in [3.8, 4) is 5.75 Å². The number of rotatable bonds is 6. The highest BCUT2D eigenvalue weighted by molar-refractivity contribution is 6.30. The molecule has 1 N–H and O–H groups in total. The molecule has 3 heteroatoms. The molecule has 100 valence electrons. The van der Waals surface area contributed by atoms with Crippen LogP contribution in [0.1, 0.15) is 18.1 Å². The molecule has 0 aliphatic heterocycles. The highest BCUT2D eigenvalue weighted by atomic mass is 35.5. The molecule has 2 nitrogen and oxygen atoms in total.